The first-order valence-electron chi connectivity index (χ1n) is 3.21. The van der Waals surface area contributed by atoms with Gasteiger partial charge in [-0.1, -0.05) is 0 Å². The standard InChI is InChI=1S/C7H4F3NOS/c8-7(9,10)5-1-3-6(4-2-5)11-13-12/h1-4H. The predicted octanol–water partition coefficient (Wildman–Crippen LogP) is 2.73. The second-order valence-corrected chi connectivity index (χ2v) is 2.54. The number of hydrogen-bond acceptors (Lipinski definition) is 2. The van der Waals surface area contributed by atoms with Crippen LogP contribution in [0.4, 0.5) is 18.9 Å². The number of hydrogen-bond donors (Lipinski definition) is 0. The van der Waals surface area contributed by atoms with Gasteiger partial charge in [0.05, 0.1) is 11.3 Å². The Balaban J connectivity index is 3.00. The highest BCUT2D eigenvalue weighted by Crippen LogP contribution is 2.30. The van der Waals surface area contributed by atoms with Crippen LogP contribution in [0.15, 0.2) is 28.6 Å². The lowest BCUT2D eigenvalue weighted by Crippen LogP contribution is -2.03. The highest BCUT2D eigenvalue weighted by Gasteiger charge is 2.29. The van der Waals surface area contributed by atoms with Gasteiger partial charge in [-0.25, -0.2) is 0 Å². The van der Waals surface area contributed by atoms with E-state index in [1.54, 1.807) is 0 Å². The molecule has 0 spiro atoms. The second-order valence-electron chi connectivity index (χ2n) is 2.21. The van der Waals surface area contributed by atoms with Crippen LogP contribution in [0.25, 0.3) is 0 Å². The van der Waals surface area contributed by atoms with Gasteiger partial charge in [-0.15, -0.1) is 0 Å². The fourth-order valence-electron chi connectivity index (χ4n) is 0.754. The van der Waals surface area contributed by atoms with Gasteiger partial charge in [0.2, 0.25) is 11.5 Å². The van der Waals surface area contributed by atoms with Crippen LogP contribution in [-0.4, -0.2) is 4.21 Å². The minimum absolute atomic E-state index is 0.0382. The quantitative estimate of drug-likeness (QED) is 0.696. The molecule has 0 amide bonds. The van der Waals surface area contributed by atoms with Crippen LogP contribution in [0.1, 0.15) is 5.56 Å². The zero-order valence-electron chi connectivity index (χ0n) is 6.21. The Morgan fingerprint density at radius 1 is 1.15 bits per heavy atom. The highest BCUT2D eigenvalue weighted by molar-refractivity contribution is 7.54. The van der Waals surface area contributed by atoms with Gasteiger partial charge in [0.15, 0.2) is 0 Å². The van der Waals surface area contributed by atoms with Crippen molar-refractivity contribution in [1.82, 2.24) is 0 Å². The summed E-state index contributed by atoms with van der Waals surface area (Å²) in [6.45, 7) is 0. The van der Waals surface area contributed by atoms with E-state index >= 15 is 0 Å². The van der Waals surface area contributed by atoms with Gasteiger partial charge in [0.1, 0.15) is 0 Å². The minimum Gasteiger partial charge on any atom is -0.191 e. The summed E-state index contributed by atoms with van der Waals surface area (Å²) in [5, 5.41) is 0. The Morgan fingerprint density at radius 3 is 2.08 bits per heavy atom. The molecular formula is C7H4F3NOS. The third-order valence-corrected chi connectivity index (χ3v) is 1.62. The maximum atomic E-state index is 12.0. The summed E-state index contributed by atoms with van der Waals surface area (Å²) in [4.78, 5) is 0. The molecule has 0 aliphatic rings. The van der Waals surface area contributed by atoms with Crippen LogP contribution >= 0.6 is 0 Å². The maximum absolute atomic E-state index is 12.0. The van der Waals surface area contributed by atoms with Crippen LogP contribution in [0.5, 0.6) is 0 Å². The van der Waals surface area contributed by atoms with Crippen molar-refractivity contribution in [1.29, 1.82) is 0 Å². The molecule has 0 saturated carbocycles. The molecule has 0 fully saturated rings. The van der Waals surface area contributed by atoms with Crippen LogP contribution in [0.2, 0.25) is 0 Å². The number of rotatable bonds is 1. The van der Waals surface area contributed by atoms with Crippen LogP contribution in [0.3, 0.4) is 0 Å². The molecule has 0 aromatic heterocycles. The van der Waals surface area contributed by atoms with Gasteiger partial charge >= 0.3 is 6.18 Å². The molecule has 13 heavy (non-hydrogen) atoms. The van der Waals surface area contributed by atoms with Gasteiger partial charge in [-0.3, -0.25) is 0 Å². The van der Waals surface area contributed by atoms with Crippen LogP contribution < -0.4 is 0 Å². The first kappa shape index (κ1) is 9.91. The molecule has 0 unspecified atom stereocenters. The Bertz CT molecular complexity index is 340. The first-order valence-corrected chi connectivity index (χ1v) is 3.91. The average molecular weight is 207 g/mol. The predicted molar refractivity (Wildman–Crippen MR) is 41.7 cm³/mol. The minimum atomic E-state index is -4.34. The van der Waals surface area contributed by atoms with E-state index in [0.29, 0.717) is 0 Å². The third kappa shape index (κ3) is 2.66. The summed E-state index contributed by atoms with van der Waals surface area (Å²) in [6, 6.07) is 4.06. The number of nitrogens with zero attached hydrogens (tertiary/aromatic N) is 1. The van der Waals surface area contributed by atoms with Gasteiger partial charge in [-0.2, -0.15) is 21.7 Å². The topological polar surface area (TPSA) is 29.4 Å². The molecule has 0 aliphatic carbocycles. The molecule has 0 atom stereocenters. The second kappa shape index (κ2) is 3.69. The van der Waals surface area contributed by atoms with Crippen molar-refractivity contribution in [3.8, 4) is 0 Å². The van der Waals surface area contributed by atoms with Crippen molar-refractivity contribution in [2.24, 2.45) is 4.36 Å². The molecule has 0 saturated heterocycles. The van der Waals surface area contributed by atoms with Gasteiger partial charge in [-0.05, 0) is 24.3 Å². The lowest BCUT2D eigenvalue weighted by molar-refractivity contribution is -0.137. The van der Waals surface area contributed by atoms with Crippen molar-refractivity contribution in [3.05, 3.63) is 29.8 Å². The largest absolute Gasteiger partial charge is 0.416 e. The van der Waals surface area contributed by atoms with E-state index < -0.39 is 11.7 Å². The summed E-state index contributed by atoms with van der Waals surface area (Å²) < 4.78 is 49.3. The third-order valence-electron chi connectivity index (χ3n) is 1.34. The van der Waals surface area contributed by atoms with E-state index in [4.69, 9.17) is 0 Å². The molecule has 70 valence electrons. The molecular weight excluding hydrogens is 203 g/mol. The maximum Gasteiger partial charge on any atom is 0.416 e. The molecule has 0 aliphatic heterocycles. The smallest absolute Gasteiger partial charge is 0.191 e. The van der Waals surface area contributed by atoms with E-state index in [9.17, 15) is 17.4 Å². The van der Waals surface area contributed by atoms with Crippen molar-refractivity contribution >= 4 is 17.2 Å². The molecule has 1 aromatic carbocycles. The average Bonchev–Trinajstić information content (AvgIpc) is 2.04. The monoisotopic (exact) mass is 207 g/mol. The Morgan fingerprint density at radius 2 is 1.69 bits per heavy atom. The van der Waals surface area contributed by atoms with E-state index in [0.717, 1.165) is 24.3 Å². The summed E-state index contributed by atoms with van der Waals surface area (Å²) >= 11 is -0.0382. The van der Waals surface area contributed by atoms with Gasteiger partial charge in [0, 0.05) is 0 Å². The van der Waals surface area contributed by atoms with E-state index in [-0.39, 0.29) is 17.2 Å². The Hall–Kier alpha value is -1.17. The lowest BCUT2D eigenvalue weighted by Gasteiger charge is -2.04. The fourth-order valence-corrected chi connectivity index (χ4v) is 0.962. The summed E-state index contributed by atoms with van der Waals surface area (Å²) in [5.74, 6) is 0. The fraction of sp³-hybridized carbons (Fsp3) is 0.143. The Kier molecular flexibility index (Phi) is 2.82. The molecule has 0 bridgehead atoms. The molecule has 1 aromatic rings. The van der Waals surface area contributed by atoms with Crippen LogP contribution in [-0.2, 0) is 17.6 Å². The Labute approximate surface area is 75.6 Å². The summed E-state index contributed by atoms with van der Waals surface area (Å²) in [6.07, 6.45) is -4.34. The SMILES string of the molecule is O=S=Nc1ccc(C(F)(F)F)cc1. The normalized spacial score (nSPS) is 11.0. The van der Waals surface area contributed by atoms with E-state index in [1.165, 1.54) is 0 Å². The number of benzene rings is 1. The van der Waals surface area contributed by atoms with Crippen LogP contribution in [0, 0.1) is 0 Å². The zero-order chi connectivity index (χ0) is 9.90. The first-order chi connectivity index (χ1) is 6.04. The molecule has 1 rings (SSSR count). The van der Waals surface area contributed by atoms with E-state index in [1.807, 2.05) is 0 Å². The molecule has 0 radical (unpaired) electrons. The molecule has 0 N–H and O–H groups in total. The molecule has 2 nitrogen and oxygen atoms in total. The summed E-state index contributed by atoms with van der Waals surface area (Å²) in [5.41, 5.74) is -0.518. The van der Waals surface area contributed by atoms with Crippen molar-refractivity contribution < 1.29 is 17.4 Å². The highest BCUT2D eigenvalue weighted by atomic mass is 32.1. The van der Waals surface area contributed by atoms with Gasteiger partial charge in [0.25, 0.3) is 0 Å². The number of halogens is 3. The molecule has 6 heteroatoms. The molecule has 0 heterocycles. The van der Waals surface area contributed by atoms with Crippen molar-refractivity contribution in [2.45, 2.75) is 6.18 Å². The summed E-state index contributed by atoms with van der Waals surface area (Å²) in [7, 11) is 0. The van der Waals surface area contributed by atoms with Crippen molar-refractivity contribution in [2.75, 3.05) is 0 Å². The lowest BCUT2D eigenvalue weighted by atomic mass is 10.2. The van der Waals surface area contributed by atoms with Crippen molar-refractivity contribution in [3.63, 3.8) is 0 Å². The number of alkyl halides is 3. The van der Waals surface area contributed by atoms with E-state index in [2.05, 4.69) is 4.36 Å². The van der Waals surface area contributed by atoms with Gasteiger partial charge < -0.3 is 0 Å². The zero-order valence-corrected chi connectivity index (χ0v) is 7.02.